The molecular formula is C15H23ClFN3O. The van der Waals surface area contributed by atoms with Crippen LogP contribution in [-0.2, 0) is 4.79 Å². The zero-order valence-electron chi connectivity index (χ0n) is 12.3. The van der Waals surface area contributed by atoms with Gasteiger partial charge in [-0.05, 0) is 50.7 Å². The van der Waals surface area contributed by atoms with E-state index >= 15 is 0 Å². The van der Waals surface area contributed by atoms with Gasteiger partial charge in [0.2, 0.25) is 5.91 Å². The second kappa shape index (κ2) is 8.97. The van der Waals surface area contributed by atoms with Gasteiger partial charge in [-0.15, -0.1) is 12.4 Å². The lowest BCUT2D eigenvalue weighted by atomic mass is 10.1. The predicted molar refractivity (Wildman–Crippen MR) is 85.4 cm³/mol. The molecule has 1 saturated heterocycles. The van der Waals surface area contributed by atoms with E-state index < -0.39 is 0 Å². The van der Waals surface area contributed by atoms with Gasteiger partial charge in [0.25, 0.3) is 0 Å². The van der Waals surface area contributed by atoms with Crippen LogP contribution in [0.2, 0.25) is 0 Å². The summed E-state index contributed by atoms with van der Waals surface area (Å²) in [6, 6.07) is 6.37. The van der Waals surface area contributed by atoms with Crippen LogP contribution < -0.4 is 10.6 Å². The molecule has 1 aromatic carbocycles. The normalized spacial score (nSPS) is 18.9. The SMILES string of the molecule is CNC1CCCN(CCC(=O)Nc2ccc(F)cc2)C1.Cl. The highest BCUT2D eigenvalue weighted by Gasteiger charge is 2.18. The van der Waals surface area contributed by atoms with Crippen LogP contribution in [0.25, 0.3) is 0 Å². The molecule has 1 unspecified atom stereocenters. The number of carbonyl (C=O) groups excluding carboxylic acids is 1. The average Bonchev–Trinajstić information content (AvgIpc) is 2.48. The summed E-state index contributed by atoms with van der Waals surface area (Å²) in [5.74, 6) is -0.322. The van der Waals surface area contributed by atoms with Gasteiger partial charge in [0.15, 0.2) is 0 Å². The molecule has 6 heteroatoms. The second-order valence-electron chi connectivity index (χ2n) is 5.23. The molecule has 1 aliphatic heterocycles. The molecule has 21 heavy (non-hydrogen) atoms. The van der Waals surface area contributed by atoms with Crippen molar-refractivity contribution < 1.29 is 9.18 Å². The number of hydrogen-bond donors (Lipinski definition) is 2. The molecule has 0 bridgehead atoms. The van der Waals surface area contributed by atoms with Gasteiger partial charge in [-0.1, -0.05) is 0 Å². The molecule has 1 fully saturated rings. The summed E-state index contributed by atoms with van der Waals surface area (Å²) in [4.78, 5) is 14.2. The molecule has 118 valence electrons. The minimum atomic E-state index is -0.297. The van der Waals surface area contributed by atoms with Crippen molar-refractivity contribution in [2.45, 2.75) is 25.3 Å². The zero-order valence-corrected chi connectivity index (χ0v) is 13.1. The highest BCUT2D eigenvalue weighted by atomic mass is 35.5. The van der Waals surface area contributed by atoms with Crippen molar-refractivity contribution >= 4 is 24.0 Å². The summed E-state index contributed by atoms with van der Waals surface area (Å²) in [5, 5.41) is 6.07. The quantitative estimate of drug-likeness (QED) is 0.876. The second-order valence-corrected chi connectivity index (χ2v) is 5.23. The van der Waals surface area contributed by atoms with Crippen LogP contribution in [0.4, 0.5) is 10.1 Å². The Morgan fingerprint density at radius 2 is 2.10 bits per heavy atom. The third kappa shape index (κ3) is 5.99. The largest absolute Gasteiger partial charge is 0.326 e. The number of halogens is 2. The van der Waals surface area contributed by atoms with Crippen molar-refractivity contribution in [2.75, 3.05) is 32.0 Å². The Morgan fingerprint density at radius 3 is 2.76 bits per heavy atom. The molecule has 2 N–H and O–H groups in total. The van der Waals surface area contributed by atoms with E-state index in [1.807, 2.05) is 7.05 Å². The molecule has 1 aromatic rings. The lowest BCUT2D eigenvalue weighted by molar-refractivity contribution is -0.116. The number of piperidine rings is 1. The summed E-state index contributed by atoms with van der Waals surface area (Å²) in [7, 11) is 1.98. The summed E-state index contributed by atoms with van der Waals surface area (Å²) in [6.45, 7) is 2.83. The fraction of sp³-hybridized carbons (Fsp3) is 0.533. The van der Waals surface area contributed by atoms with Gasteiger partial charge in [0.05, 0.1) is 0 Å². The van der Waals surface area contributed by atoms with Crippen molar-refractivity contribution in [1.29, 1.82) is 0 Å². The van der Waals surface area contributed by atoms with Crippen LogP contribution in [0, 0.1) is 5.82 Å². The van der Waals surface area contributed by atoms with E-state index in [9.17, 15) is 9.18 Å². The van der Waals surface area contributed by atoms with Gasteiger partial charge in [-0.25, -0.2) is 4.39 Å². The van der Waals surface area contributed by atoms with Gasteiger partial charge in [0, 0.05) is 31.2 Å². The van der Waals surface area contributed by atoms with Crippen LogP contribution in [0.5, 0.6) is 0 Å². The number of rotatable bonds is 5. The van der Waals surface area contributed by atoms with Crippen LogP contribution in [-0.4, -0.2) is 43.5 Å². The highest BCUT2D eigenvalue weighted by molar-refractivity contribution is 5.90. The number of likely N-dealkylation sites (tertiary alicyclic amines) is 1. The number of hydrogen-bond acceptors (Lipinski definition) is 3. The van der Waals surface area contributed by atoms with E-state index in [1.165, 1.54) is 25.0 Å². The standard InChI is InChI=1S/C15H22FN3O.ClH/c1-17-14-3-2-9-19(11-14)10-8-15(20)18-13-6-4-12(16)5-7-13;/h4-7,14,17H,2-3,8-11H2,1H3,(H,18,20);1H. The van der Waals surface area contributed by atoms with Crippen molar-refractivity contribution in [3.63, 3.8) is 0 Å². The molecule has 1 atom stereocenters. The average molecular weight is 316 g/mol. The first-order valence-corrected chi connectivity index (χ1v) is 7.12. The molecule has 0 saturated carbocycles. The van der Waals surface area contributed by atoms with E-state index in [0.29, 0.717) is 18.2 Å². The molecule has 0 aromatic heterocycles. The maximum absolute atomic E-state index is 12.8. The Morgan fingerprint density at radius 1 is 1.38 bits per heavy atom. The first kappa shape index (κ1) is 17.9. The van der Waals surface area contributed by atoms with E-state index in [1.54, 1.807) is 12.1 Å². The van der Waals surface area contributed by atoms with E-state index in [0.717, 1.165) is 19.6 Å². The van der Waals surface area contributed by atoms with Crippen LogP contribution in [0.1, 0.15) is 19.3 Å². The fourth-order valence-electron chi connectivity index (χ4n) is 2.51. The van der Waals surface area contributed by atoms with Crippen molar-refractivity contribution in [2.24, 2.45) is 0 Å². The minimum Gasteiger partial charge on any atom is -0.326 e. The smallest absolute Gasteiger partial charge is 0.225 e. The first-order chi connectivity index (χ1) is 9.67. The first-order valence-electron chi connectivity index (χ1n) is 7.12. The molecule has 4 nitrogen and oxygen atoms in total. The van der Waals surface area contributed by atoms with Crippen molar-refractivity contribution in [3.05, 3.63) is 30.1 Å². The number of nitrogens with zero attached hydrogens (tertiary/aromatic N) is 1. The third-order valence-corrected chi connectivity index (χ3v) is 3.70. The molecule has 0 radical (unpaired) electrons. The highest BCUT2D eigenvalue weighted by Crippen LogP contribution is 2.11. The lowest BCUT2D eigenvalue weighted by Gasteiger charge is -2.32. The van der Waals surface area contributed by atoms with Crippen LogP contribution in [0.15, 0.2) is 24.3 Å². The Bertz CT molecular complexity index is 441. The number of anilines is 1. The van der Waals surface area contributed by atoms with E-state index in [2.05, 4.69) is 15.5 Å². The predicted octanol–water partition coefficient (Wildman–Crippen LogP) is 2.26. The molecular weight excluding hydrogens is 293 g/mol. The number of amides is 1. The molecule has 1 amide bonds. The summed E-state index contributed by atoms with van der Waals surface area (Å²) in [6.07, 6.45) is 2.84. The van der Waals surface area contributed by atoms with Crippen LogP contribution >= 0.6 is 12.4 Å². The van der Waals surface area contributed by atoms with Gasteiger partial charge in [-0.3, -0.25) is 4.79 Å². The van der Waals surface area contributed by atoms with E-state index in [-0.39, 0.29) is 24.1 Å². The Balaban J connectivity index is 0.00000220. The minimum absolute atomic E-state index is 0. The van der Waals surface area contributed by atoms with E-state index in [4.69, 9.17) is 0 Å². The maximum Gasteiger partial charge on any atom is 0.225 e. The molecule has 1 heterocycles. The molecule has 0 spiro atoms. The topological polar surface area (TPSA) is 44.4 Å². The number of likely N-dealkylation sites (N-methyl/N-ethyl adjacent to an activating group) is 1. The van der Waals surface area contributed by atoms with Crippen molar-refractivity contribution in [1.82, 2.24) is 10.2 Å². The number of benzene rings is 1. The third-order valence-electron chi connectivity index (χ3n) is 3.70. The Hall–Kier alpha value is -1.17. The zero-order chi connectivity index (χ0) is 14.4. The lowest BCUT2D eigenvalue weighted by Crippen LogP contribution is -2.45. The van der Waals surface area contributed by atoms with Gasteiger partial charge < -0.3 is 15.5 Å². The summed E-state index contributed by atoms with van der Waals surface area (Å²) < 4.78 is 12.8. The van der Waals surface area contributed by atoms with Gasteiger partial charge in [0.1, 0.15) is 5.82 Å². The molecule has 1 aliphatic rings. The molecule has 0 aliphatic carbocycles. The Kier molecular flexibility index (Phi) is 7.64. The summed E-state index contributed by atoms with van der Waals surface area (Å²) >= 11 is 0. The van der Waals surface area contributed by atoms with Crippen LogP contribution in [0.3, 0.4) is 0 Å². The van der Waals surface area contributed by atoms with Crippen molar-refractivity contribution in [3.8, 4) is 0 Å². The number of carbonyl (C=O) groups is 1. The monoisotopic (exact) mass is 315 g/mol. The van der Waals surface area contributed by atoms with Gasteiger partial charge >= 0.3 is 0 Å². The summed E-state index contributed by atoms with van der Waals surface area (Å²) in [5.41, 5.74) is 0.642. The number of nitrogens with one attached hydrogen (secondary N) is 2. The van der Waals surface area contributed by atoms with Gasteiger partial charge in [-0.2, -0.15) is 0 Å². The Labute approximate surface area is 131 Å². The molecule has 2 rings (SSSR count). The maximum atomic E-state index is 12.8. The fourth-order valence-corrected chi connectivity index (χ4v) is 2.51.